The number of hydrogen-bond donors (Lipinski definition) is 2. The Morgan fingerprint density at radius 2 is 2.06 bits per heavy atom. The third-order valence-corrected chi connectivity index (χ3v) is 2.89. The van der Waals surface area contributed by atoms with E-state index in [9.17, 15) is 9.90 Å². The molecule has 0 spiro atoms. The molecule has 0 saturated heterocycles. The summed E-state index contributed by atoms with van der Waals surface area (Å²) in [5.74, 6) is -0.0768. The molecule has 1 aromatic carbocycles. The third kappa shape index (κ3) is 1.51. The van der Waals surface area contributed by atoms with Crippen LogP contribution in [0, 0.1) is 0 Å². The molecule has 0 bridgehead atoms. The second-order valence-corrected chi connectivity index (χ2v) is 3.94. The summed E-state index contributed by atoms with van der Waals surface area (Å²) in [4.78, 5) is 11.5. The van der Waals surface area contributed by atoms with Crippen molar-refractivity contribution in [2.75, 3.05) is 12.4 Å². The van der Waals surface area contributed by atoms with Crippen molar-refractivity contribution < 1.29 is 5.11 Å². The average Bonchev–Trinajstić information content (AvgIpc) is 2.27. The van der Waals surface area contributed by atoms with Gasteiger partial charge in [-0.25, -0.2) is 0 Å². The highest BCUT2D eigenvalue weighted by atomic mass is 35.5. The van der Waals surface area contributed by atoms with E-state index in [1.807, 2.05) is 0 Å². The zero-order valence-corrected chi connectivity index (χ0v) is 9.67. The van der Waals surface area contributed by atoms with Crippen molar-refractivity contribution in [1.29, 1.82) is 0 Å². The Hall–Kier alpha value is -1.68. The lowest BCUT2D eigenvalue weighted by molar-refractivity contribution is 0.430. The third-order valence-electron chi connectivity index (χ3n) is 2.58. The largest absolute Gasteiger partial charge is 0.494 e. The molecule has 4 nitrogen and oxygen atoms in total. The topological polar surface area (TPSA) is 54.3 Å². The molecule has 0 aliphatic carbocycles. The van der Waals surface area contributed by atoms with Crippen LogP contribution >= 0.6 is 11.6 Å². The molecule has 0 unspecified atom stereocenters. The van der Waals surface area contributed by atoms with E-state index >= 15 is 0 Å². The fourth-order valence-corrected chi connectivity index (χ4v) is 1.87. The summed E-state index contributed by atoms with van der Waals surface area (Å²) in [6.45, 7) is 0. The maximum absolute atomic E-state index is 11.5. The molecule has 1 aromatic heterocycles. The standard InChI is InChI=1S/C11H11ClN2O2/c1-13-9-3-6-4-10(15)14(2)11(16)7(6)5-8(9)12/h3-5,13,16H,1-2H3. The molecule has 0 aliphatic heterocycles. The summed E-state index contributed by atoms with van der Waals surface area (Å²) >= 11 is 6.01. The lowest BCUT2D eigenvalue weighted by Gasteiger charge is -2.09. The van der Waals surface area contributed by atoms with E-state index < -0.39 is 0 Å². The van der Waals surface area contributed by atoms with Gasteiger partial charge in [0.2, 0.25) is 5.88 Å². The van der Waals surface area contributed by atoms with Gasteiger partial charge in [-0.2, -0.15) is 0 Å². The molecule has 84 valence electrons. The molecular formula is C11H11ClN2O2. The van der Waals surface area contributed by atoms with E-state index in [1.54, 1.807) is 19.2 Å². The Morgan fingerprint density at radius 1 is 1.38 bits per heavy atom. The molecule has 2 N–H and O–H groups in total. The number of hydrogen-bond acceptors (Lipinski definition) is 3. The van der Waals surface area contributed by atoms with Gasteiger partial charge >= 0.3 is 0 Å². The van der Waals surface area contributed by atoms with Crippen LogP contribution < -0.4 is 10.9 Å². The van der Waals surface area contributed by atoms with Gasteiger partial charge in [-0.1, -0.05) is 11.6 Å². The SMILES string of the molecule is CNc1cc2cc(=O)n(C)c(O)c2cc1Cl. The second kappa shape index (κ2) is 3.72. The summed E-state index contributed by atoms with van der Waals surface area (Å²) in [5.41, 5.74) is 0.469. The van der Waals surface area contributed by atoms with E-state index in [0.29, 0.717) is 15.8 Å². The van der Waals surface area contributed by atoms with Gasteiger partial charge in [0, 0.05) is 25.5 Å². The van der Waals surface area contributed by atoms with Crippen LogP contribution in [-0.4, -0.2) is 16.7 Å². The van der Waals surface area contributed by atoms with Gasteiger partial charge in [0.05, 0.1) is 10.7 Å². The first-order valence-electron chi connectivity index (χ1n) is 4.74. The van der Waals surface area contributed by atoms with E-state index in [2.05, 4.69) is 5.32 Å². The van der Waals surface area contributed by atoms with Crippen molar-refractivity contribution in [3.8, 4) is 5.88 Å². The molecule has 16 heavy (non-hydrogen) atoms. The smallest absolute Gasteiger partial charge is 0.253 e. The molecule has 0 atom stereocenters. The lowest BCUT2D eigenvalue weighted by atomic mass is 10.1. The highest BCUT2D eigenvalue weighted by Gasteiger charge is 2.09. The highest BCUT2D eigenvalue weighted by molar-refractivity contribution is 6.34. The van der Waals surface area contributed by atoms with Crippen LogP contribution in [0.4, 0.5) is 5.69 Å². The number of aromatic hydroxyl groups is 1. The number of benzene rings is 1. The first-order chi connectivity index (χ1) is 7.54. The Labute approximate surface area is 97.1 Å². The number of aromatic nitrogens is 1. The van der Waals surface area contributed by atoms with E-state index in [0.717, 1.165) is 5.69 Å². The molecule has 2 rings (SSSR count). The predicted octanol–water partition coefficient (Wildman–Crippen LogP) is 1.94. The van der Waals surface area contributed by atoms with Crippen molar-refractivity contribution >= 4 is 28.1 Å². The van der Waals surface area contributed by atoms with E-state index in [4.69, 9.17) is 11.6 Å². The Kier molecular flexibility index (Phi) is 2.52. The van der Waals surface area contributed by atoms with Crippen molar-refractivity contribution in [3.63, 3.8) is 0 Å². The van der Waals surface area contributed by atoms with Gasteiger partial charge in [0.25, 0.3) is 5.56 Å². The number of anilines is 1. The summed E-state index contributed by atoms with van der Waals surface area (Å²) in [6.07, 6.45) is 0. The zero-order chi connectivity index (χ0) is 11.9. The highest BCUT2D eigenvalue weighted by Crippen LogP contribution is 2.31. The van der Waals surface area contributed by atoms with Crippen LogP contribution in [0.5, 0.6) is 5.88 Å². The van der Waals surface area contributed by atoms with E-state index in [1.165, 1.54) is 17.7 Å². The molecular weight excluding hydrogens is 228 g/mol. The fraction of sp³-hybridized carbons (Fsp3) is 0.182. The normalized spacial score (nSPS) is 10.7. The monoisotopic (exact) mass is 238 g/mol. The molecule has 2 aromatic rings. The van der Waals surface area contributed by atoms with Crippen molar-refractivity contribution in [1.82, 2.24) is 4.57 Å². The Balaban J connectivity index is 2.92. The van der Waals surface area contributed by atoms with Crippen molar-refractivity contribution in [2.45, 2.75) is 0 Å². The van der Waals surface area contributed by atoms with Crippen LogP contribution in [0.3, 0.4) is 0 Å². The minimum Gasteiger partial charge on any atom is -0.494 e. The van der Waals surface area contributed by atoms with Gasteiger partial charge in [-0.15, -0.1) is 0 Å². The van der Waals surface area contributed by atoms with Crippen LogP contribution in [0.1, 0.15) is 0 Å². The van der Waals surface area contributed by atoms with Gasteiger partial charge in [0.15, 0.2) is 0 Å². The predicted molar refractivity (Wildman–Crippen MR) is 65.4 cm³/mol. The summed E-state index contributed by atoms with van der Waals surface area (Å²) in [6, 6.07) is 4.84. The van der Waals surface area contributed by atoms with Gasteiger partial charge in [0.1, 0.15) is 0 Å². The first kappa shape index (κ1) is 10.8. The number of fused-ring (bicyclic) bond motifs is 1. The number of pyridine rings is 1. The average molecular weight is 239 g/mol. The van der Waals surface area contributed by atoms with Gasteiger partial charge in [-0.05, 0) is 17.5 Å². The first-order valence-corrected chi connectivity index (χ1v) is 5.12. The maximum Gasteiger partial charge on any atom is 0.253 e. The Bertz CT molecular complexity index is 619. The summed E-state index contributed by atoms with van der Waals surface area (Å²) in [7, 11) is 3.25. The second-order valence-electron chi connectivity index (χ2n) is 3.53. The molecule has 0 saturated carbocycles. The molecule has 1 heterocycles. The van der Waals surface area contributed by atoms with Crippen molar-refractivity contribution in [2.24, 2.45) is 7.05 Å². The van der Waals surface area contributed by atoms with E-state index in [-0.39, 0.29) is 11.4 Å². The Morgan fingerprint density at radius 3 is 2.69 bits per heavy atom. The molecule has 0 radical (unpaired) electrons. The number of nitrogens with one attached hydrogen (secondary N) is 1. The number of halogens is 1. The summed E-state index contributed by atoms with van der Waals surface area (Å²) in [5, 5.41) is 14.5. The number of rotatable bonds is 1. The maximum atomic E-state index is 11.5. The number of nitrogens with zero attached hydrogens (tertiary/aromatic N) is 1. The van der Waals surface area contributed by atoms with Crippen LogP contribution in [0.25, 0.3) is 10.8 Å². The van der Waals surface area contributed by atoms with Crippen LogP contribution in [0.2, 0.25) is 5.02 Å². The van der Waals surface area contributed by atoms with Gasteiger partial charge < -0.3 is 10.4 Å². The van der Waals surface area contributed by atoms with Crippen LogP contribution in [0.15, 0.2) is 23.0 Å². The quantitative estimate of drug-likeness (QED) is 0.798. The molecule has 0 fully saturated rings. The molecule has 5 heteroatoms. The molecule has 0 amide bonds. The minimum absolute atomic E-state index is 0.0768. The zero-order valence-electron chi connectivity index (χ0n) is 8.91. The molecule has 0 aliphatic rings. The lowest BCUT2D eigenvalue weighted by Crippen LogP contribution is -2.15. The van der Waals surface area contributed by atoms with Crippen LogP contribution in [-0.2, 0) is 7.05 Å². The van der Waals surface area contributed by atoms with Gasteiger partial charge in [-0.3, -0.25) is 9.36 Å². The van der Waals surface area contributed by atoms with Crippen molar-refractivity contribution in [3.05, 3.63) is 33.6 Å². The minimum atomic E-state index is -0.255. The fourth-order valence-electron chi connectivity index (χ4n) is 1.61. The summed E-state index contributed by atoms with van der Waals surface area (Å²) < 4.78 is 1.18.